The Balaban J connectivity index is 2.40. The molecule has 1 N–H and O–H groups in total. The minimum atomic E-state index is -0.753. The number of hydrogen-bond donors (Lipinski definition) is 1. The van der Waals surface area contributed by atoms with E-state index in [-0.39, 0.29) is 17.3 Å². The summed E-state index contributed by atoms with van der Waals surface area (Å²) in [4.78, 5) is 11.4. The lowest BCUT2D eigenvalue weighted by molar-refractivity contribution is -0.113. The molecular formula is C12H15F2NOS. The van der Waals surface area contributed by atoms with E-state index in [1.54, 1.807) is 0 Å². The van der Waals surface area contributed by atoms with Gasteiger partial charge in [-0.1, -0.05) is 13.3 Å². The third-order valence-corrected chi connectivity index (χ3v) is 3.12. The molecule has 1 rings (SSSR count). The lowest BCUT2D eigenvalue weighted by Gasteiger charge is -2.06. The van der Waals surface area contributed by atoms with Gasteiger partial charge in [0, 0.05) is 6.07 Å². The summed E-state index contributed by atoms with van der Waals surface area (Å²) in [6.45, 7) is 2.08. The van der Waals surface area contributed by atoms with E-state index in [0.717, 1.165) is 30.7 Å². The van der Waals surface area contributed by atoms with Gasteiger partial charge in [0.1, 0.15) is 11.6 Å². The predicted octanol–water partition coefficient (Wildman–Crippen LogP) is 3.44. The van der Waals surface area contributed by atoms with Crippen molar-refractivity contribution in [1.82, 2.24) is 0 Å². The van der Waals surface area contributed by atoms with Crippen molar-refractivity contribution >= 4 is 23.4 Å². The molecule has 0 fully saturated rings. The molecule has 0 heterocycles. The Bertz CT molecular complexity index is 385. The summed E-state index contributed by atoms with van der Waals surface area (Å²) >= 11 is 1.51. The van der Waals surface area contributed by atoms with E-state index < -0.39 is 11.6 Å². The Kier molecular flexibility index (Phi) is 5.97. The number of thioether (sulfide) groups is 1. The van der Waals surface area contributed by atoms with E-state index >= 15 is 0 Å². The molecule has 0 radical (unpaired) electrons. The van der Waals surface area contributed by atoms with Gasteiger partial charge < -0.3 is 5.32 Å². The summed E-state index contributed by atoms with van der Waals surface area (Å²) in [5, 5.41) is 2.41. The molecule has 0 aliphatic carbocycles. The smallest absolute Gasteiger partial charge is 0.234 e. The summed E-state index contributed by atoms with van der Waals surface area (Å²) in [7, 11) is 0. The van der Waals surface area contributed by atoms with Crippen LogP contribution in [0.5, 0.6) is 0 Å². The van der Waals surface area contributed by atoms with Crippen molar-refractivity contribution in [1.29, 1.82) is 0 Å². The highest BCUT2D eigenvalue weighted by molar-refractivity contribution is 7.99. The van der Waals surface area contributed by atoms with Gasteiger partial charge in [0.15, 0.2) is 0 Å². The molecule has 1 amide bonds. The molecule has 0 saturated heterocycles. The van der Waals surface area contributed by atoms with Crippen LogP contribution in [0, 0.1) is 11.6 Å². The molecule has 0 aliphatic heterocycles. The fraction of sp³-hybridized carbons (Fsp3) is 0.417. The monoisotopic (exact) mass is 259 g/mol. The summed E-state index contributed by atoms with van der Waals surface area (Å²) in [6, 6.07) is 3.09. The maximum Gasteiger partial charge on any atom is 0.234 e. The van der Waals surface area contributed by atoms with Crippen LogP contribution >= 0.6 is 11.8 Å². The number of carbonyl (C=O) groups is 1. The highest BCUT2D eigenvalue weighted by Gasteiger charge is 2.07. The van der Waals surface area contributed by atoms with Crippen LogP contribution in [0.15, 0.2) is 18.2 Å². The average molecular weight is 259 g/mol. The Hall–Kier alpha value is -1.10. The van der Waals surface area contributed by atoms with E-state index in [4.69, 9.17) is 0 Å². The van der Waals surface area contributed by atoms with E-state index in [0.29, 0.717) is 0 Å². The lowest BCUT2D eigenvalue weighted by Crippen LogP contribution is -2.15. The predicted molar refractivity (Wildman–Crippen MR) is 67.2 cm³/mol. The molecular weight excluding hydrogens is 244 g/mol. The Morgan fingerprint density at radius 3 is 2.82 bits per heavy atom. The molecule has 0 spiro atoms. The summed E-state index contributed by atoms with van der Waals surface area (Å²) in [5.74, 6) is -0.474. The number of anilines is 1. The second-order valence-corrected chi connectivity index (χ2v) is 4.68. The number of hydrogen-bond acceptors (Lipinski definition) is 2. The third kappa shape index (κ3) is 5.17. The topological polar surface area (TPSA) is 29.1 Å². The van der Waals surface area contributed by atoms with Gasteiger partial charge in [-0.05, 0) is 24.3 Å². The first kappa shape index (κ1) is 14.0. The van der Waals surface area contributed by atoms with Crippen LogP contribution in [0.1, 0.15) is 19.8 Å². The summed E-state index contributed by atoms with van der Waals surface area (Å²) < 4.78 is 25.8. The number of benzene rings is 1. The van der Waals surface area contributed by atoms with Crippen molar-refractivity contribution in [3.05, 3.63) is 29.8 Å². The van der Waals surface area contributed by atoms with Crippen molar-refractivity contribution in [2.45, 2.75) is 19.8 Å². The van der Waals surface area contributed by atoms with Crippen LogP contribution in [0.4, 0.5) is 14.5 Å². The lowest BCUT2D eigenvalue weighted by atomic mass is 10.3. The maximum absolute atomic E-state index is 13.2. The maximum atomic E-state index is 13.2. The SMILES string of the molecule is CCCCSCC(=O)Nc1ccc(F)cc1F. The van der Waals surface area contributed by atoms with Crippen molar-refractivity contribution in [2.75, 3.05) is 16.8 Å². The number of nitrogens with one attached hydrogen (secondary N) is 1. The molecule has 17 heavy (non-hydrogen) atoms. The molecule has 0 saturated carbocycles. The standard InChI is InChI=1S/C12H15F2NOS/c1-2-3-6-17-8-12(16)15-11-5-4-9(13)7-10(11)14/h4-5,7H,2-3,6,8H2,1H3,(H,15,16). The zero-order chi connectivity index (χ0) is 12.7. The zero-order valence-electron chi connectivity index (χ0n) is 9.63. The minimum Gasteiger partial charge on any atom is -0.323 e. The first-order chi connectivity index (χ1) is 8.13. The van der Waals surface area contributed by atoms with Gasteiger partial charge in [-0.2, -0.15) is 11.8 Å². The van der Waals surface area contributed by atoms with Crippen molar-refractivity contribution in [3.63, 3.8) is 0 Å². The largest absolute Gasteiger partial charge is 0.323 e. The molecule has 5 heteroatoms. The molecule has 0 atom stereocenters. The zero-order valence-corrected chi connectivity index (χ0v) is 10.4. The molecule has 94 valence electrons. The van der Waals surface area contributed by atoms with Crippen LogP contribution in [0.3, 0.4) is 0 Å². The number of carbonyl (C=O) groups excluding carboxylic acids is 1. The molecule has 0 aromatic heterocycles. The Morgan fingerprint density at radius 2 is 2.18 bits per heavy atom. The highest BCUT2D eigenvalue weighted by atomic mass is 32.2. The fourth-order valence-electron chi connectivity index (χ4n) is 1.19. The van der Waals surface area contributed by atoms with Gasteiger partial charge in [-0.15, -0.1) is 0 Å². The second-order valence-electron chi connectivity index (χ2n) is 3.58. The van der Waals surface area contributed by atoms with Crippen molar-refractivity contribution in [3.8, 4) is 0 Å². The fourth-order valence-corrected chi connectivity index (χ4v) is 2.08. The minimum absolute atomic E-state index is 0.0208. The number of rotatable bonds is 6. The van der Waals surface area contributed by atoms with Gasteiger partial charge in [0.2, 0.25) is 5.91 Å². The molecule has 1 aromatic rings. The first-order valence-electron chi connectivity index (χ1n) is 5.46. The van der Waals surface area contributed by atoms with Crippen LogP contribution in [0.2, 0.25) is 0 Å². The normalized spacial score (nSPS) is 10.3. The van der Waals surface area contributed by atoms with Crippen molar-refractivity contribution in [2.24, 2.45) is 0 Å². The van der Waals surface area contributed by atoms with E-state index in [9.17, 15) is 13.6 Å². The number of unbranched alkanes of at least 4 members (excludes halogenated alkanes) is 1. The van der Waals surface area contributed by atoms with Gasteiger partial charge in [-0.25, -0.2) is 8.78 Å². The quantitative estimate of drug-likeness (QED) is 0.793. The summed E-state index contributed by atoms with van der Waals surface area (Å²) in [5.41, 5.74) is 0.0208. The molecule has 0 unspecified atom stereocenters. The van der Waals surface area contributed by atoms with Crippen LogP contribution in [-0.4, -0.2) is 17.4 Å². The molecule has 0 bridgehead atoms. The third-order valence-electron chi connectivity index (χ3n) is 2.08. The van der Waals surface area contributed by atoms with Crippen LogP contribution in [-0.2, 0) is 4.79 Å². The van der Waals surface area contributed by atoms with Gasteiger partial charge in [0.25, 0.3) is 0 Å². The first-order valence-corrected chi connectivity index (χ1v) is 6.61. The Morgan fingerprint density at radius 1 is 1.41 bits per heavy atom. The van der Waals surface area contributed by atoms with Crippen molar-refractivity contribution < 1.29 is 13.6 Å². The Labute approximate surface area is 104 Å². The molecule has 2 nitrogen and oxygen atoms in total. The van der Waals surface area contributed by atoms with Gasteiger partial charge >= 0.3 is 0 Å². The highest BCUT2D eigenvalue weighted by Crippen LogP contribution is 2.15. The number of halogens is 2. The van der Waals surface area contributed by atoms with Crippen LogP contribution in [0.25, 0.3) is 0 Å². The average Bonchev–Trinajstić information content (AvgIpc) is 2.28. The number of amides is 1. The molecule has 1 aromatic carbocycles. The van der Waals surface area contributed by atoms with Gasteiger partial charge in [-0.3, -0.25) is 4.79 Å². The van der Waals surface area contributed by atoms with E-state index in [1.807, 2.05) is 0 Å². The van der Waals surface area contributed by atoms with Crippen LogP contribution < -0.4 is 5.32 Å². The van der Waals surface area contributed by atoms with E-state index in [2.05, 4.69) is 12.2 Å². The second kappa shape index (κ2) is 7.27. The van der Waals surface area contributed by atoms with Gasteiger partial charge in [0.05, 0.1) is 11.4 Å². The molecule has 0 aliphatic rings. The van der Waals surface area contributed by atoms with E-state index in [1.165, 1.54) is 17.8 Å². The summed E-state index contributed by atoms with van der Waals surface area (Å²) in [6.07, 6.45) is 2.14.